The molecule has 0 atom stereocenters. The summed E-state index contributed by atoms with van der Waals surface area (Å²) in [6.07, 6.45) is 6.62. The van der Waals surface area contributed by atoms with E-state index >= 15 is 0 Å². The highest BCUT2D eigenvalue weighted by Crippen LogP contribution is 2.36. The van der Waals surface area contributed by atoms with Gasteiger partial charge in [-0.3, -0.25) is 0 Å². The summed E-state index contributed by atoms with van der Waals surface area (Å²) in [6, 6.07) is 4.65. The van der Waals surface area contributed by atoms with Crippen LogP contribution in [0.5, 0.6) is 11.5 Å². The van der Waals surface area contributed by atoms with Gasteiger partial charge in [0, 0.05) is 12.6 Å². The van der Waals surface area contributed by atoms with Crippen LogP contribution in [0.2, 0.25) is 5.02 Å². The van der Waals surface area contributed by atoms with Crippen molar-refractivity contribution in [2.24, 2.45) is 0 Å². The number of hydrogen-bond donors (Lipinski definition) is 1. The van der Waals surface area contributed by atoms with Gasteiger partial charge in [-0.25, -0.2) is 0 Å². The summed E-state index contributed by atoms with van der Waals surface area (Å²) in [7, 11) is 0. The van der Waals surface area contributed by atoms with Gasteiger partial charge in [-0.2, -0.15) is 0 Å². The molecule has 1 aliphatic rings. The second-order valence-electron chi connectivity index (χ2n) is 5.49. The molecule has 126 valence electrons. The summed E-state index contributed by atoms with van der Waals surface area (Å²) >= 11 is 6.34. The second-order valence-corrected chi connectivity index (χ2v) is 5.89. The normalized spacial score (nSPS) is 15.2. The van der Waals surface area contributed by atoms with E-state index in [1.165, 1.54) is 32.1 Å². The van der Waals surface area contributed by atoms with Crippen molar-refractivity contribution in [3.8, 4) is 11.5 Å². The molecule has 0 spiro atoms. The van der Waals surface area contributed by atoms with Crippen molar-refractivity contribution in [1.82, 2.24) is 5.32 Å². The SMILES string of the molecule is CCOc1cc(CNC2CCCCC2)cc(Cl)c1OCC.Cl. The molecule has 0 unspecified atom stereocenters. The molecule has 0 aromatic heterocycles. The summed E-state index contributed by atoms with van der Waals surface area (Å²) in [5.41, 5.74) is 1.15. The summed E-state index contributed by atoms with van der Waals surface area (Å²) in [4.78, 5) is 0. The lowest BCUT2D eigenvalue weighted by Gasteiger charge is -2.23. The molecule has 1 fully saturated rings. The van der Waals surface area contributed by atoms with E-state index in [-0.39, 0.29) is 12.4 Å². The van der Waals surface area contributed by atoms with Gasteiger partial charge >= 0.3 is 0 Å². The summed E-state index contributed by atoms with van der Waals surface area (Å²) in [5.74, 6) is 1.40. The Hall–Kier alpha value is -0.640. The molecule has 0 bridgehead atoms. The number of halogens is 2. The Morgan fingerprint density at radius 2 is 1.77 bits per heavy atom. The molecule has 1 aromatic carbocycles. The quantitative estimate of drug-likeness (QED) is 0.754. The van der Waals surface area contributed by atoms with Crippen LogP contribution < -0.4 is 14.8 Å². The number of hydrogen-bond acceptors (Lipinski definition) is 3. The minimum Gasteiger partial charge on any atom is -0.490 e. The Bertz CT molecular complexity index is 449. The summed E-state index contributed by atoms with van der Waals surface area (Å²) in [6.45, 7) is 5.94. The van der Waals surface area contributed by atoms with E-state index in [2.05, 4.69) is 5.32 Å². The molecule has 0 amide bonds. The van der Waals surface area contributed by atoms with E-state index in [4.69, 9.17) is 21.1 Å². The predicted molar refractivity (Wildman–Crippen MR) is 94.8 cm³/mol. The molecule has 22 heavy (non-hydrogen) atoms. The van der Waals surface area contributed by atoms with Crippen molar-refractivity contribution in [2.75, 3.05) is 13.2 Å². The average Bonchev–Trinajstić information content (AvgIpc) is 2.50. The van der Waals surface area contributed by atoms with Gasteiger partial charge in [-0.05, 0) is 44.4 Å². The highest BCUT2D eigenvalue weighted by atomic mass is 35.5. The number of benzene rings is 1. The van der Waals surface area contributed by atoms with Crippen LogP contribution in [-0.2, 0) is 6.54 Å². The molecular weight excluding hydrogens is 321 g/mol. The number of ether oxygens (including phenoxy) is 2. The van der Waals surface area contributed by atoms with Crippen LogP contribution in [0.3, 0.4) is 0 Å². The fourth-order valence-corrected chi connectivity index (χ4v) is 3.13. The van der Waals surface area contributed by atoms with Crippen LogP contribution in [0, 0.1) is 0 Å². The summed E-state index contributed by atoms with van der Waals surface area (Å²) < 4.78 is 11.3. The second kappa shape index (κ2) is 10.2. The van der Waals surface area contributed by atoms with Crippen molar-refractivity contribution in [1.29, 1.82) is 0 Å². The first-order valence-electron chi connectivity index (χ1n) is 8.06. The zero-order chi connectivity index (χ0) is 15.1. The molecule has 2 rings (SSSR count). The van der Waals surface area contributed by atoms with E-state index in [0.717, 1.165) is 17.9 Å². The van der Waals surface area contributed by atoms with E-state index in [1.54, 1.807) is 0 Å². The minimum atomic E-state index is 0. The molecular formula is C17H27Cl2NO2. The molecule has 0 heterocycles. The topological polar surface area (TPSA) is 30.5 Å². The van der Waals surface area contributed by atoms with Crippen LogP contribution in [-0.4, -0.2) is 19.3 Å². The lowest BCUT2D eigenvalue weighted by Crippen LogP contribution is -2.30. The third kappa shape index (κ3) is 5.53. The van der Waals surface area contributed by atoms with Gasteiger partial charge in [-0.1, -0.05) is 30.9 Å². The van der Waals surface area contributed by atoms with E-state index in [1.807, 2.05) is 26.0 Å². The van der Waals surface area contributed by atoms with Crippen LogP contribution in [0.25, 0.3) is 0 Å². The van der Waals surface area contributed by atoms with Crippen LogP contribution >= 0.6 is 24.0 Å². The Morgan fingerprint density at radius 3 is 2.41 bits per heavy atom. The Balaban J connectivity index is 0.00000242. The Labute approximate surface area is 145 Å². The molecule has 5 heteroatoms. The van der Waals surface area contributed by atoms with Gasteiger partial charge in [0.05, 0.1) is 18.2 Å². The van der Waals surface area contributed by atoms with Gasteiger partial charge in [0.25, 0.3) is 0 Å². The van der Waals surface area contributed by atoms with Crippen LogP contribution in [0.1, 0.15) is 51.5 Å². The molecule has 1 aliphatic carbocycles. The molecule has 1 saturated carbocycles. The standard InChI is InChI=1S/C17H26ClNO2.ClH/c1-3-20-16-11-13(10-15(18)17(16)21-4-2)12-19-14-8-6-5-7-9-14;/h10-11,14,19H,3-9,12H2,1-2H3;1H. The van der Waals surface area contributed by atoms with Gasteiger partial charge in [-0.15, -0.1) is 12.4 Å². The van der Waals surface area contributed by atoms with E-state index in [9.17, 15) is 0 Å². The Kier molecular flexibility index (Phi) is 8.99. The van der Waals surface area contributed by atoms with Crippen molar-refractivity contribution < 1.29 is 9.47 Å². The van der Waals surface area contributed by atoms with Gasteiger partial charge in [0.15, 0.2) is 11.5 Å². The van der Waals surface area contributed by atoms with Crippen LogP contribution in [0.15, 0.2) is 12.1 Å². The summed E-state index contributed by atoms with van der Waals surface area (Å²) in [5, 5.41) is 4.26. The van der Waals surface area contributed by atoms with Crippen molar-refractivity contribution in [2.45, 2.75) is 58.5 Å². The maximum Gasteiger partial charge on any atom is 0.179 e. The van der Waals surface area contributed by atoms with Gasteiger partial charge in [0.2, 0.25) is 0 Å². The molecule has 1 N–H and O–H groups in total. The highest BCUT2D eigenvalue weighted by molar-refractivity contribution is 6.32. The van der Waals surface area contributed by atoms with Crippen molar-refractivity contribution >= 4 is 24.0 Å². The average molecular weight is 348 g/mol. The fraction of sp³-hybridized carbons (Fsp3) is 0.647. The maximum absolute atomic E-state index is 6.34. The first-order chi connectivity index (χ1) is 10.2. The number of rotatable bonds is 7. The van der Waals surface area contributed by atoms with Gasteiger partial charge in [0.1, 0.15) is 0 Å². The van der Waals surface area contributed by atoms with Crippen LogP contribution in [0.4, 0.5) is 0 Å². The lowest BCUT2D eigenvalue weighted by molar-refractivity contribution is 0.287. The maximum atomic E-state index is 6.34. The van der Waals surface area contributed by atoms with Gasteiger partial charge < -0.3 is 14.8 Å². The van der Waals surface area contributed by atoms with E-state index < -0.39 is 0 Å². The largest absolute Gasteiger partial charge is 0.490 e. The smallest absolute Gasteiger partial charge is 0.179 e. The predicted octanol–water partition coefficient (Wildman–Crippen LogP) is 4.98. The molecule has 3 nitrogen and oxygen atoms in total. The van der Waals surface area contributed by atoms with E-state index in [0.29, 0.717) is 30.0 Å². The monoisotopic (exact) mass is 347 g/mol. The Morgan fingerprint density at radius 1 is 1.09 bits per heavy atom. The zero-order valence-electron chi connectivity index (χ0n) is 13.5. The fourth-order valence-electron chi connectivity index (χ4n) is 2.84. The highest BCUT2D eigenvalue weighted by Gasteiger charge is 2.15. The first-order valence-corrected chi connectivity index (χ1v) is 8.43. The molecule has 1 aromatic rings. The minimum absolute atomic E-state index is 0. The third-order valence-corrected chi connectivity index (χ3v) is 4.14. The lowest BCUT2D eigenvalue weighted by atomic mass is 9.95. The van der Waals surface area contributed by atoms with Crippen molar-refractivity contribution in [3.05, 3.63) is 22.7 Å². The first kappa shape index (κ1) is 19.4. The zero-order valence-corrected chi connectivity index (χ0v) is 15.1. The van der Waals surface area contributed by atoms with Crippen molar-refractivity contribution in [3.63, 3.8) is 0 Å². The molecule has 0 radical (unpaired) electrons. The number of nitrogens with one attached hydrogen (secondary N) is 1. The molecule has 0 saturated heterocycles. The third-order valence-electron chi connectivity index (χ3n) is 3.86. The molecule has 0 aliphatic heterocycles.